The minimum atomic E-state index is -0.0834. The van der Waals surface area contributed by atoms with Crippen LogP contribution in [-0.4, -0.2) is 5.91 Å². The molecule has 1 N–H and O–H groups in total. The van der Waals surface area contributed by atoms with Crippen LogP contribution in [0.15, 0.2) is 36.4 Å². The van der Waals surface area contributed by atoms with Crippen molar-refractivity contribution in [1.82, 2.24) is 5.32 Å². The lowest BCUT2D eigenvalue weighted by molar-refractivity contribution is -0.117. The highest BCUT2D eigenvalue weighted by atomic mass is 35.5. The first-order chi connectivity index (χ1) is 7.13. The average molecular weight is 224 g/mol. The van der Waals surface area contributed by atoms with Crippen LogP contribution in [0.4, 0.5) is 0 Å². The Morgan fingerprint density at radius 1 is 1.40 bits per heavy atom. The number of benzene rings is 1. The highest BCUT2D eigenvalue weighted by Crippen LogP contribution is 2.15. The summed E-state index contributed by atoms with van der Waals surface area (Å²) < 4.78 is 0. The summed E-state index contributed by atoms with van der Waals surface area (Å²) in [7, 11) is 0. The highest BCUT2D eigenvalue weighted by molar-refractivity contribution is 6.30. The molecule has 0 aromatic heterocycles. The maximum atomic E-state index is 11.3. The number of amides is 1. The summed E-state index contributed by atoms with van der Waals surface area (Å²) in [6.07, 6.45) is 3.22. The van der Waals surface area contributed by atoms with Crippen molar-refractivity contribution in [1.29, 1.82) is 0 Å². The second-order valence-electron chi connectivity index (χ2n) is 3.28. The molecule has 0 bridgehead atoms. The van der Waals surface area contributed by atoms with Crippen molar-refractivity contribution in [3.8, 4) is 0 Å². The SMILES string of the molecule is C/C=C/C(=O)N[C@H](C)c1ccc(Cl)cc1. The fraction of sp³-hybridized carbons (Fsp3) is 0.250. The van der Waals surface area contributed by atoms with Crippen LogP contribution >= 0.6 is 11.6 Å². The molecular formula is C12H14ClNO. The molecule has 1 amide bonds. The lowest BCUT2D eigenvalue weighted by Crippen LogP contribution is -2.24. The van der Waals surface area contributed by atoms with Gasteiger partial charge in [-0.2, -0.15) is 0 Å². The van der Waals surface area contributed by atoms with Crippen LogP contribution in [0.2, 0.25) is 5.02 Å². The minimum absolute atomic E-state index is 0.00836. The molecule has 0 spiro atoms. The van der Waals surface area contributed by atoms with Crippen LogP contribution in [-0.2, 0) is 4.79 Å². The van der Waals surface area contributed by atoms with Crippen LogP contribution in [0.3, 0.4) is 0 Å². The molecule has 80 valence electrons. The largest absolute Gasteiger partial charge is 0.346 e. The summed E-state index contributed by atoms with van der Waals surface area (Å²) in [6, 6.07) is 7.43. The molecule has 1 aromatic carbocycles. The number of carbonyl (C=O) groups excluding carboxylic acids is 1. The summed E-state index contributed by atoms with van der Waals surface area (Å²) in [5.41, 5.74) is 1.04. The second kappa shape index (κ2) is 5.56. The number of halogens is 1. The molecule has 0 fully saturated rings. The smallest absolute Gasteiger partial charge is 0.244 e. The number of nitrogens with one attached hydrogen (secondary N) is 1. The van der Waals surface area contributed by atoms with E-state index in [2.05, 4.69) is 5.32 Å². The molecule has 0 aliphatic rings. The molecule has 1 rings (SSSR count). The highest BCUT2D eigenvalue weighted by Gasteiger charge is 2.06. The van der Waals surface area contributed by atoms with E-state index in [1.54, 1.807) is 6.08 Å². The summed E-state index contributed by atoms with van der Waals surface area (Å²) in [6.45, 7) is 3.75. The van der Waals surface area contributed by atoms with Gasteiger partial charge in [-0.1, -0.05) is 29.8 Å². The van der Waals surface area contributed by atoms with Gasteiger partial charge in [-0.3, -0.25) is 4.79 Å². The molecule has 1 atom stereocenters. The van der Waals surface area contributed by atoms with E-state index in [4.69, 9.17) is 11.6 Å². The van der Waals surface area contributed by atoms with Crippen LogP contribution in [0, 0.1) is 0 Å². The lowest BCUT2D eigenvalue weighted by atomic mass is 10.1. The van der Waals surface area contributed by atoms with Crippen LogP contribution < -0.4 is 5.32 Å². The fourth-order valence-electron chi connectivity index (χ4n) is 1.25. The Hall–Kier alpha value is -1.28. The Balaban J connectivity index is 2.64. The second-order valence-corrected chi connectivity index (χ2v) is 3.72. The van der Waals surface area contributed by atoms with Crippen molar-refractivity contribution in [3.05, 3.63) is 47.0 Å². The summed E-state index contributed by atoms with van der Waals surface area (Å²) >= 11 is 5.77. The van der Waals surface area contributed by atoms with Gasteiger partial charge in [0.1, 0.15) is 0 Å². The predicted molar refractivity (Wildman–Crippen MR) is 62.8 cm³/mol. The number of hydrogen-bond acceptors (Lipinski definition) is 1. The molecule has 15 heavy (non-hydrogen) atoms. The van der Waals surface area contributed by atoms with E-state index in [1.165, 1.54) is 6.08 Å². The maximum Gasteiger partial charge on any atom is 0.244 e. The van der Waals surface area contributed by atoms with Gasteiger partial charge in [0.05, 0.1) is 6.04 Å². The fourth-order valence-corrected chi connectivity index (χ4v) is 1.37. The normalized spacial score (nSPS) is 12.7. The van der Waals surface area contributed by atoms with Gasteiger partial charge < -0.3 is 5.32 Å². The van der Waals surface area contributed by atoms with Gasteiger partial charge in [0.2, 0.25) is 5.91 Å². The van der Waals surface area contributed by atoms with Crippen LogP contribution in [0.25, 0.3) is 0 Å². The quantitative estimate of drug-likeness (QED) is 0.784. The third kappa shape index (κ3) is 3.76. The minimum Gasteiger partial charge on any atom is -0.346 e. The average Bonchev–Trinajstić information content (AvgIpc) is 2.18. The molecule has 0 heterocycles. The van der Waals surface area contributed by atoms with E-state index in [-0.39, 0.29) is 11.9 Å². The van der Waals surface area contributed by atoms with Gasteiger partial charge in [0.15, 0.2) is 0 Å². The van der Waals surface area contributed by atoms with Crippen LogP contribution in [0.1, 0.15) is 25.5 Å². The van der Waals surface area contributed by atoms with Gasteiger partial charge in [-0.05, 0) is 37.6 Å². The first-order valence-corrected chi connectivity index (χ1v) is 5.20. The number of hydrogen-bond donors (Lipinski definition) is 1. The predicted octanol–water partition coefficient (Wildman–Crippen LogP) is 3.09. The van der Waals surface area contributed by atoms with E-state index in [1.807, 2.05) is 38.1 Å². The Morgan fingerprint density at radius 3 is 2.53 bits per heavy atom. The van der Waals surface area contributed by atoms with E-state index < -0.39 is 0 Å². The molecule has 0 radical (unpaired) electrons. The van der Waals surface area contributed by atoms with Gasteiger partial charge >= 0.3 is 0 Å². The monoisotopic (exact) mass is 223 g/mol. The zero-order valence-electron chi connectivity index (χ0n) is 8.83. The Kier molecular flexibility index (Phi) is 4.37. The molecule has 3 heteroatoms. The van der Waals surface area contributed by atoms with E-state index in [0.29, 0.717) is 5.02 Å². The zero-order valence-corrected chi connectivity index (χ0v) is 9.58. The van der Waals surface area contributed by atoms with Crippen molar-refractivity contribution in [2.45, 2.75) is 19.9 Å². The van der Waals surface area contributed by atoms with Crippen molar-refractivity contribution in [2.75, 3.05) is 0 Å². The molecular weight excluding hydrogens is 210 g/mol. The molecule has 0 saturated heterocycles. The molecule has 1 aromatic rings. The third-order valence-electron chi connectivity index (χ3n) is 2.05. The number of carbonyl (C=O) groups is 1. The Labute approximate surface area is 94.9 Å². The van der Waals surface area contributed by atoms with Gasteiger partial charge in [0, 0.05) is 5.02 Å². The summed E-state index contributed by atoms with van der Waals surface area (Å²) in [5, 5.41) is 3.55. The first-order valence-electron chi connectivity index (χ1n) is 4.82. The van der Waals surface area contributed by atoms with E-state index in [0.717, 1.165) is 5.56 Å². The van der Waals surface area contributed by atoms with Gasteiger partial charge in [-0.15, -0.1) is 0 Å². The lowest BCUT2D eigenvalue weighted by Gasteiger charge is -2.12. The third-order valence-corrected chi connectivity index (χ3v) is 2.30. The van der Waals surface area contributed by atoms with Crippen molar-refractivity contribution in [2.24, 2.45) is 0 Å². The summed E-state index contributed by atoms with van der Waals surface area (Å²) in [4.78, 5) is 11.3. The van der Waals surface area contributed by atoms with E-state index in [9.17, 15) is 4.79 Å². The Morgan fingerprint density at radius 2 is 2.00 bits per heavy atom. The first kappa shape index (κ1) is 11.8. The standard InChI is InChI=1S/C12H14ClNO/c1-3-4-12(15)14-9(2)10-5-7-11(13)8-6-10/h3-9H,1-2H3,(H,14,15)/b4-3+/t9-/m1/s1. The van der Waals surface area contributed by atoms with Gasteiger partial charge in [-0.25, -0.2) is 0 Å². The van der Waals surface area contributed by atoms with Gasteiger partial charge in [0.25, 0.3) is 0 Å². The topological polar surface area (TPSA) is 29.1 Å². The molecule has 0 aliphatic carbocycles. The van der Waals surface area contributed by atoms with Crippen molar-refractivity contribution < 1.29 is 4.79 Å². The van der Waals surface area contributed by atoms with Crippen molar-refractivity contribution >= 4 is 17.5 Å². The number of rotatable bonds is 3. The molecule has 0 aliphatic heterocycles. The molecule has 0 unspecified atom stereocenters. The molecule has 0 saturated carbocycles. The zero-order chi connectivity index (χ0) is 11.3. The van der Waals surface area contributed by atoms with Crippen molar-refractivity contribution in [3.63, 3.8) is 0 Å². The summed E-state index contributed by atoms with van der Waals surface area (Å²) in [5.74, 6) is -0.0834. The van der Waals surface area contributed by atoms with E-state index >= 15 is 0 Å². The van der Waals surface area contributed by atoms with Crippen LogP contribution in [0.5, 0.6) is 0 Å². The maximum absolute atomic E-state index is 11.3. The molecule has 2 nitrogen and oxygen atoms in total. The Bertz CT molecular complexity index is 356. The number of allylic oxidation sites excluding steroid dienone is 1.